The van der Waals surface area contributed by atoms with E-state index in [9.17, 15) is 9.18 Å². The van der Waals surface area contributed by atoms with Crippen LogP contribution in [0.1, 0.15) is 36.9 Å². The van der Waals surface area contributed by atoms with Crippen LogP contribution in [0.5, 0.6) is 0 Å². The molecular weight excluding hydrogens is 413 g/mol. The standard InChI is InChI=1S/C23H28FN5O3/c24-18-5-3-4-17(12-18)15-29-10-9-20(16-29)27-21-14-25-19(13-26-21)7-8-22(30)28-32-23-6-1-2-11-31-23/h3-5,7-8,12-14,20,23H,1-2,6,9-11,15-16H2,(H,26,27)(H,28,30)/t20-,23?/m1/s1. The molecule has 9 heteroatoms. The number of ether oxygens (including phenoxy) is 1. The lowest BCUT2D eigenvalue weighted by molar-refractivity contribution is -0.198. The van der Waals surface area contributed by atoms with Crippen LogP contribution >= 0.6 is 0 Å². The van der Waals surface area contributed by atoms with Crippen molar-refractivity contribution in [2.24, 2.45) is 0 Å². The Hall–Kier alpha value is -2.88. The van der Waals surface area contributed by atoms with Gasteiger partial charge >= 0.3 is 0 Å². The molecule has 2 aromatic rings. The second-order valence-corrected chi connectivity index (χ2v) is 8.04. The lowest BCUT2D eigenvalue weighted by Gasteiger charge is -2.21. The van der Waals surface area contributed by atoms with Crippen molar-refractivity contribution >= 4 is 17.8 Å². The zero-order chi connectivity index (χ0) is 22.2. The van der Waals surface area contributed by atoms with Crippen LogP contribution in [0.4, 0.5) is 10.2 Å². The predicted molar refractivity (Wildman–Crippen MR) is 118 cm³/mol. The number of carbonyl (C=O) groups excluding carboxylic acids is 1. The molecule has 2 N–H and O–H groups in total. The maximum Gasteiger partial charge on any atom is 0.267 e. The molecule has 3 heterocycles. The van der Waals surface area contributed by atoms with Crippen molar-refractivity contribution in [3.8, 4) is 0 Å². The van der Waals surface area contributed by atoms with Gasteiger partial charge in [-0.2, -0.15) is 0 Å². The summed E-state index contributed by atoms with van der Waals surface area (Å²) in [6.07, 6.45) is 9.59. The van der Waals surface area contributed by atoms with Gasteiger partial charge in [0, 0.05) is 44.8 Å². The van der Waals surface area contributed by atoms with E-state index < -0.39 is 0 Å². The van der Waals surface area contributed by atoms with E-state index >= 15 is 0 Å². The van der Waals surface area contributed by atoms with Crippen LogP contribution < -0.4 is 10.8 Å². The Labute approximate surface area is 186 Å². The minimum Gasteiger partial charge on any atom is -0.365 e. The number of rotatable bonds is 8. The quantitative estimate of drug-likeness (QED) is 0.481. The number of hydrogen-bond acceptors (Lipinski definition) is 7. The summed E-state index contributed by atoms with van der Waals surface area (Å²) in [5.41, 5.74) is 3.91. The van der Waals surface area contributed by atoms with Crippen LogP contribution in [0, 0.1) is 5.82 Å². The van der Waals surface area contributed by atoms with Gasteiger partial charge in [0.2, 0.25) is 0 Å². The molecule has 1 unspecified atom stereocenters. The molecule has 2 atom stereocenters. The molecule has 2 fully saturated rings. The summed E-state index contributed by atoms with van der Waals surface area (Å²) >= 11 is 0. The summed E-state index contributed by atoms with van der Waals surface area (Å²) in [5.74, 6) is 0.0959. The van der Waals surface area contributed by atoms with Gasteiger partial charge in [0.05, 0.1) is 18.1 Å². The molecule has 0 spiro atoms. The number of aromatic nitrogens is 2. The Morgan fingerprint density at radius 1 is 1.28 bits per heavy atom. The molecule has 0 aliphatic carbocycles. The Morgan fingerprint density at radius 3 is 3.00 bits per heavy atom. The van der Waals surface area contributed by atoms with Gasteiger partial charge in [-0.05, 0) is 43.0 Å². The summed E-state index contributed by atoms with van der Waals surface area (Å²) in [6, 6.07) is 6.97. The fourth-order valence-electron chi connectivity index (χ4n) is 3.82. The average molecular weight is 442 g/mol. The third-order valence-corrected chi connectivity index (χ3v) is 5.43. The maximum atomic E-state index is 13.4. The number of anilines is 1. The molecule has 1 aromatic heterocycles. The first kappa shape index (κ1) is 22.3. The van der Waals surface area contributed by atoms with E-state index in [4.69, 9.17) is 9.57 Å². The van der Waals surface area contributed by atoms with Crippen molar-refractivity contribution in [1.29, 1.82) is 0 Å². The molecule has 1 amide bonds. The van der Waals surface area contributed by atoms with E-state index in [1.807, 2.05) is 6.07 Å². The van der Waals surface area contributed by atoms with E-state index in [0.29, 0.717) is 18.1 Å². The second-order valence-electron chi connectivity index (χ2n) is 8.04. The summed E-state index contributed by atoms with van der Waals surface area (Å²) in [7, 11) is 0. The number of nitrogens with zero attached hydrogens (tertiary/aromatic N) is 3. The van der Waals surface area contributed by atoms with Crippen molar-refractivity contribution in [3.63, 3.8) is 0 Å². The van der Waals surface area contributed by atoms with Crippen LogP contribution in [-0.4, -0.2) is 52.8 Å². The number of likely N-dealkylation sites (tertiary alicyclic amines) is 1. The van der Waals surface area contributed by atoms with Crippen molar-refractivity contribution in [3.05, 3.63) is 59.8 Å². The van der Waals surface area contributed by atoms with Gasteiger partial charge in [0.25, 0.3) is 5.91 Å². The molecule has 0 radical (unpaired) electrons. The van der Waals surface area contributed by atoms with Gasteiger partial charge in [0.15, 0.2) is 6.29 Å². The zero-order valence-corrected chi connectivity index (χ0v) is 17.9. The first-order chi connectivity index (χ1) is 15.6. The lowest BCUT2D eigenvalue weighted by atomic mass is 10.2. The van der Waals surface area contributed by atoms with Gasteiger partial charge in [-0.3, -0.25) is 14.7 Å². The number of benzene rings is 1. The summed E-state index contributed by atoms with van der Waals surface area (Å²) < 4.78 is 18.8. The van der Waals surface area contributed by atoms with Gasteiger partial charge in [-0.1, -0.05) is 12.1 Å². The minimum absolute atomic E-state index is 0.205. The Kier molecular flexibility index (Phi) is 7.76. The average Bonchev–Trinajstić information content (AvgIpc) is 3.24. The second kappa shape index (κ2) is 11.1. The maximum absolute atomic E-state index is 13.4. The number of hydroxylamine groups is 1. The third kappa shape index (κ3) is 6.81. The first-order valence-corrected chi connectivity index (χ1v) is 10.9. The van der Waals surface area contributed by atoms with Crippen molar-refractivity contribution in [2.75, 3.05) is 25.0 Å². The van der Waals surface area contributed by atoms with Crippen molar-refractivity contribution < 1.29 is 18.8 Å². The Morgan fingerprint density at radius 2 is 2.22 bits per heavy atom. The van der Waals surface area contributed by atoms with Crippen molar-refractivity contribution in [2.45, 2.75) is 44.6 Å². The summed E-state index contributed by atoms with van der Waals surface area (Å²) in [4.78, 5) is 28.1. The molecule has 8 nitrogen and oxygen atoms in total. The molecule has 0 bridgehead atoms. The van der Waals surface area contributed by atoms with Crippen LogP contribution in [0.2, 0.25) is 0 Å². The van der Waals surface area contributed by atoms with E-state index in [2.05, 4.69) is 25.7 Å². The van der Waals surface area contributed by atoms with E-state index in [-0.39, 0.29) is 24.1 Å². The topological polar surface area (TPSA) is 88.6 Å². The largest absolute Gasteiger partial charge is 0.365 e. The summed E-state index contributed by atoms with van der Waals surface area (Å²) in [6.45, 7) is 3.17. The van der Waals surface area contributed by atoms with Gasteiger partial charge < -0.3 is 10.1 Å². The molecule has 2 saturated heterocycles. The van der Waals surface area contributed by atoms with Gasteiger partial charge in [0.1, 0.15) is 11.6 Å². The van der Waals surface area contributed by atoms with Gasteiger partial charge in [-0.25, -0.2) is 19.7 Å². The number of carbonyl (C=O) groups is 1. The van der Waals surface area contributed by atoms with Crippen LogP contribution in [0.25, 0.3) is 6.08 Å². The molecule has 2 aliphatic heterocycles. The first-order valence-electron chi connectivity index (χ1n) is 10.9. The highest BCUT2D eigenvalue weighted by atomic mass is 19.1. The monoisotopic (exact) mass is 441 g/mol. The number of nitrogens with one attached hydrogen (secondary N) is 2. The SMILES string of the molecule is O=C(C=Cc1cnc(N[C@@H]2CCN(Cc3cccc(F)c3)C2)cn1)NOC1CCCCO1. The van der Waals surface area contributed by atoms with E-state index in [0.717, 1.165) is 50.9 Å². The third-order valence-electron chi connectivity index (χ3n) is 5.43. The fraction of sp³-hybridized carbons (Fsp3) is 0.435. The molecule has 32 heavy (non-hydrogen) atoms. The number of amides is 1. The molecule has 2 aliphatic rings. The van der Waals surface area contributed by atoms with Gasteiger partial charge in [-0.15, -0.1) is 0 Å². The smallest absolute Gasteiger partial charge is 0.267 e. The fourth-order valence-corrected chi connectivity index (χ4v) is 3.82. The Balaban J connectivity index is 1.20. The normalized spacial score (nSPS) is 21.7. The number of hydrogen-bond donors (Lipinski definition) is 2. The molecular formula is C23H28FN5O3. The molecule has 1 aromatic carbocycles. The highest BCUT2D eigenvalue weighted by molar-refractivity contribution is 5.90. The van der Waals surface area contributed by atoms with Crippen LogP contribution in [0.15, 0.2) is 42.7 Å². The Bertz CT molecular complexity index is 918. The minimum atomic E-state index is -0.383. The predicted octanol–water partition coefficient (Wildman–Crippen LogP) is 2.89. The van der Waals surface area contributed by atoms with E-state index in [1.54, 1.807) is 30.6 Å². The summed E-state index contributed by atoms with van der Waals surface area (Å²) in [5, 5.41) is 3.39. The molecule has 4 rings (SSSR count). The molecule has 0 saturated carbocycles. The lowest BCUT2D eigenvalue weighted by Crippen LogP contribution is -2.32. The zero-order valence-electron chi connectivity index (χ0n) is 17.9. The number of halogens is 1. The van der Waals surface area contributed by atoms with Crippen LogP contribution in [0.3, 0.4) is 0 Å². The highest BCUT2D eigenvalue weighted by Gasteiger charge is 2.22. The highest BCUT2D eigenvalue weighted by Crippen LogP contribution is 2.17. The van der Waals surface area contributed by atoms with E-state index in [1.165, 1.54) is 12.1 Å². The van der Waals surface area contributed by atoms with Crippen LogP contribution in [-0.2, 0) is 20.9 Å². The molecule has 170 valence electrons. The van der Waals surface area contributed by atoms with Crippen molar-refractivity contribution in [1.82, 2.24) is 20.3 Å².